The number of halogens is 3. The van der Waals surface area contributed by atoms with Crippen LogP contribution < -0.4 is 5.73 Å². The lowest BCUT2D eigenvalue weighted by Crippen LogP contribution is -2.25. The number of anilines is 1. The second-order valence-electron chi connectivity index (χ2n) is 6.66. The summed E-state index contributed by atoms with van der Waals surface area (Å²) in [5.74, 6) is -4.78. The highest BCUT2D eigenvalue weighted by Crippen LogP contribution is 2.25. The van der Waals surface area contributed by atoms with Gasteiger partial charge in [-0.15, -0.1) is 0 Å². The van der Waals surface area contributed by atoms with Crippen molar-refractivity contribution >= 4 is 29.6 Å². The van der Waals surface area contributed by atoms with E-state index in [2.05, 4.69) is 0 Å². The standard InChI is InChI=1S/C19H27NO6.C2HF3O2/c1-5-24-18(22)10-15(19(23)25-6-2)9-14-7-8-17(20)12(3)16(14)11-26-13(4)21;3-2(4,5)1(6)7/h7-8,15H,5-6,9-11,20H2,1-4H3;(H,6,7)/t15-;/m1./s1. The van der Waals surface area contributed by atoms with Gasteiger partial charge in [-0.3, -0.25) is 14.4 Å². The smallest absolute Gasteiger partial charge is 0.475 e. The number of esters is 3. The van der Waals surface area contributed by atoms with Crippen LogP contribution in [0.15, 0.2) is 12.1 Å². The van der Waals surface area contributed by atoms with E-state index in [4.69, 9.17) is 29.8 Å². The first-order valence-corrected chi connectivity index (χ1v) is 9.86. The van der Waals surface area contributed by atoms with Gasteiger partial charge in [-0.1, -0.05) is 6.07 Å². The zero-order valence-corrected chi connectivity index (χ0v) is 18.8. The molecular weight excluding hydrogens is 451 g/mol. The number of carbonyl (C=O) groups is 4. The van der Waals surface area contributed by atoms with Gasteiger partial charge in [0.25, 0.3) is 0 Å². The maximum absolute atomic E-state index is 12.3. The maximum Gasteiger partial charge on any atom is 0.490 e. The Hall–Kier alpha value is -3.31. The van der Waals surface area contributed by atoms with E-state index in [1.54, 1.807) is 26.0 Å². The normalized spacial score (nSPS) is 11.5. The first kappa shape index (κ1) is 29.7. The largest absolute Gasteiger partial charge is 0.490 e. The molecule has 3 N–H and O–H groups in total. The Morgan fingerprint density at radius 1 is 1.06 bits per heavy atom. The first-order valence-electron chi connectivity index (χ1n) is 9.86. The molecule has 9 nitrogen and oxygen atoms in total. The predicted octanol–water partition coefficient (Wildman–Crippen LogP) is 2.95. The molecule has 0 heterocycles. The molecule has 1 atom stereocenters. The molecule has 0 saturated heterocycles. The summed E-state index contributed by atoms with van der Waals surface area (Å²) in [7, 11) is 0. The molecule has 0 spiro atoms. The fraction of sp³-hybridized carbons (Fsp3) is 0.524. The molecule has 0 aliphatic heterocycles. The molecule has 1 aromatic rings. The van der Waals surface area contributed by atoms with Crippen molar-refractivity contribution < 1.29 is 51.7 Å². The van der Waals surface area contributed by atoms with Crippen molar-refractivity contribution in [2.75, 3.05) is 18.9 Å². The number of carboxylic acid groups (broad SMARTS) is 1. The van der Waals surface area contributed by atoms with Crippen LogP contribution in [0.4, 0.5) is 18.9 Å². The minimum Gasteiger partial charge on any atom is -0.475 e. The van der Waals surface area contributed by atoms with Crippen molar-refractivity contribution in [3.8, 4) is 0 Å². The lowest BCUT2D eigenvalue weighted by molar-refractivity contribution is -0.192. The lowest BCUT2D eigenvalue weighted by atomic mass is 9.91. The van der Waals surface area contributed by atoms with Crippen LogP contribution in [0.3, 0.4) is 0 Å². The Balaban J connectivity index is 0.00000126. The zero-order valence-electron chi connectivity index (χ0n) is 18.8. The van der Waals surface area contributed by atoms with Crippen LogP contribution in [0.5, 0.6) is 0 Å². The molecule has 33 heavy (non-hydrogen) atoms. The van der Waals surface area contributed by atoms with E-state index in [1.165, 1.54) is 6.92 Å². The Morgan fingerprint density at radius 2 is 1.61 bits per heavy atom. The Bertz CT molecular complexity index is 840. The second-order valence-corrected chi connectivity index (χ2v) is 6.66. The van der Waals surface area contributed by atoms with E-state index in [0.717, 1.165) is 16.7 Å². The number of nitrogens with two attached hydrogens (primary N) is 1. The average molecular weight is 479 g/mol. The second kappa shape index (κ2) is 14.0. The number of aliphatic carboxylic acids is 1. The number of rotatable bonds is 9. The minimum absolute atomic E-state index is 0.0521. The summed E-state index contributed by atoms with van der Waals surface area (Å²) in [5, 5.41) is 7.12. The Morgan fingerprint density at radius 3 is 2.06 bits per heavy atom. The van der Waals surface area contributed by atoms with Crippen molar-refractivity contribution in [1.29, 1.82) is 0 Å². The minimum atomic E-state index is -5.08. The van der Waals surface area contributed by atoms with E-state index in [1.807, 2.05) is 6.92 Å². The van der Waals surface area contributed by atoms with Crippen LogP contribution in [-0.4, -0.2) is 48.4 Å². The van der Waals surface area contributed by atoms with Crippen LogP contribution in [0.25, 0.3) is 0 Å². The predicted molar refractivity (Wildman–Crippen MR) is 110 cm³/mol. The van der Waals surface area contributed by atoms with Crippen LogP contribution in [-0.2, 0) is 46.4 Å². The molecular formula is C21H28F3NO8. The molecule has 0 aromatic heterocycles. The summed E-state index contributed by atoms with van der Waals surface area (Å²) in [5.41, 5.74) is 8.80. The van der Waals surface area contributed by atoms with Crippen molar-refractivity contribution in [3.63, 3.8) is 0 Å². The summed E-state index contributed by atoms with van der Waals surface area (Å²) in [6.45, 7) is 7.07. The topological polar surface area (TPSA) is 142 Å². The van der Waals surface area contributed by atoms with Gasteiger partial charge >= 0.3 is 30.1 Å². The summed E-state index contributed by atoms with van der Waals surface area (Å²) < 4.78 is 46.9. The van der Waals surface area contributed by atoms with Gasteiger partial charge in [0.1, 0.15) is 6.61 Å². The molecule has 0 aliphatic carbocycles. The number of nitrogen functional groups attached to an aromatic ring is 1. The molecule has 0 bridgehead atoms. The lowest BCUT2D eigenvalue weighted by Gasteiger charge is -2.19. The third kappa shape index (κ3) is 11.2. The van der Waals surface area contributed by atoms with Crippen LogP contribution in [0.2, 0.25) is 0 Å². The van der Waals surface area contributed by atoms with Gasteiger partial charge in [0.2, 0.25) is 0 Å². The Kier molecular flexibility index (Phi) is 12.6. The quantitative estimate of drug-likeness (QED) is 0.310. The molecule has 0 amide bonds. The van der Waals surface area contributed by atoms with Crippen molar-refractivity contribution in [3.05, 3.63) is 28.8 Å². The van der Waals surface area contributed by atoms with E-state index in [0.29, 0.717) is 5.69 Å². The fourth-order valence-corrected chi connectivity index (χ4v) is 2.58. The van der Waals surface area contributed by atoms with E-state index in [-0.39, 0.29) is 32.7 Å². The number of benzene rings is 1. The van der Waals surface area contributed by atoms with Crippen LogP contribution in [0, 0.1) is 12.8 Å². The number of hydrogen-bond acceptors (Lipinski definition) is 8. The molecule has 1 aromatic carbocycles. The molecule has 12 heteroatoms. The van der Waals surface area contributed by atoms with Crippen molar-refractivity contribution in [2.24, 2.45) is 5.92 Å². The number of carboxylic acids is 1. The van der Waals surface area contributed by atoms with Gasteiger partial charge in [-0.05, 0) is 49.9 Å². The number of ether oxygens (including phenoxy) is 3. The molecule has 186 valence electrons. The molecule has 0 aliphatic rings. The summed E-state index contributed by atoms with van der Waals surface area (Å²) >= 11 is 0. The fourth-order valence-electron chi connectivity index (χ4n) is 2.58. The Labute approximate surface area is 189 Å². The van der Waals surface area contributed by atoms with E-state index >= 15 is 0 Å². The number of hydrogen-bond donors (Lipinski definition) is 2. The van der Waals surface area contributed by atoms with Crippen molar-refractivity contribution in [2.45, 2.75) is 53.3 Å². The zero-order chi connectivity index (χ0) is 25.8. The highest BCUT2D eigenvalue weighted by atomic mass is 19.4. The van der Waals surface area contributed by atoms with Gasteiger partial charge in [-0.2, -0.15) is 13.2 Å². The summed E-state index contributed by atoms with van der Waals surface area (Å²) in [6.07, 6.45) is -4.90. The van der Waals surface area contributed by atoms with Gasteiger partial charge in [0.05, 0.1) is 25.6 Å². The highest BCUT2D eigenvalue weighted by molar-refractivity contribution is 5.80. The number of alkyl halides is 3. The van der Waals surface area contributed by atoms with E-state index < -0.39 is 36.0 Å². The summed E-state index contributed by atoms with van der Waals surface area (Å²) in [4.78, 5) is 44.2. The monoisotopic (exact) mass is 479 g/mol. The van der Waals surface area contributed by atoms with Crippen LogP contribution >= 0.6 is 0 Å². The highest BCUT2D eigenvalue weighted by Gasteiger charge is 2.38. The van der Waals surface area contributed by atoms with Gasteiger partial charge in [0, 0.05) is 12.6 Å². The maximum atomic E-state index is 12.3. The molecule has 0 unspecified atom stereocenters. The third-order valence-corrected chi connectivity index (χ3v) is 4.20. The molecule has 1 rings (SSSR count). The van der Waals surface area contributed by atoms with E-state index in [9.17, 15) is 27.6 Å². The van der Waals surface area contributed by atoms with Gasteiger partial charge < -0.3 is 25.1 Å². The first-order chi connectivity index (χ1) is 15.2. The molecule has 0 radical (unpaired) electrons. The molecule has 0 fully saturated rings. The van der Waals surface area contributed by atoms with Crippen LogP contribution in [0.1, 0.15) is 43.9 Å². The number of carbonyl (C=O) groups excluding carboxylic acids is 3. The third-order valence-electron chi connectivity index (χ3n) is 4.20. The van der Waals surface area contributed by atoms with Crippen molar-refractivity contribution in [1.82, 2.24) is 0 Å². The SMILES string of the molecule is CCOC(=O)C[C@@H](Cc1ccc(N)c(C)c1COC(C)=O)C(=O)OCC.O=C(O)C(F)(F)F. The van der Waals surface area contributed by atoms with Gasteiger partial charge in [-0.25, -0.2) is 4.79 Å². The molecule has 0 saturated carbocycles. The average Bonchev–Trinajstić information content (AvgIpc) is 2.69. The van der Waals surface area contributed by atoms with Gasteiger partial charge in [0.15, 0.2) is 0 Å². The summed E-state index contributed by atoms with van der Waals surface area (Å²) in [6, 6.07) is 3.51.